The maximum Gasteiger partial charge on any atom is 0.325 e. The molecule has 0 unspecified atom stereocenters. The Morgan fingerprint density at radius 3 is 2.41 bits per heavy atom. The third-order valence-electron chi connectivity index (χ3n) is 2.24. The average Bonchev–Trinajstić information content (AvgIpc) is 2.36. The number of aryl methyl sites for hydroxylation is 1. The van der Waals surface area contributed by atoms with Crippen molar-refractivity contribution in [3.05, 3.63) is 29.8 Å². The van der Waals surface area contributed by atoms with Crippen LogP contribution in [0.2, 0.25) is 0 Å². The van der Waals surface area contributed by atoms with Crippen molar-refractivity contribution >= 4 is 17.7 Å². The standard InChI is InChI=1S/C12H16N2O3/c1-3-9-4-6-10(7-5-9)14-12(16)13-8-11(15)17-2/h4-7H,3,8H2,1-2H3,(H2,13,14,16). The second kappa shape index (κ2) is 6.52. The van der Waals surface area contributed by atoms with Crippen LogP contribution in [0.4, 0.5) is 10.5 Å². The molecule has 0 aliphatic heterocycles. The molecule has 0 heterocycles. The van der Waals surface area contributed by atoms with Crippen molar-refractivity contribution in [1.29, 1.82) is 0 Å². The lowest BCUT2D eigenvalue weighted by Gasteiger charge is -2.07. The van der Waals surface area contributed by atoms with Gasteiger partial charge in [-0.1, -0.05) is 19.1 Å². The Hall–Kier alpha value is -2.04. The van der Waals surface area contributed by atoms with Gasteiger partial charge >= 0.3 is 12.0 Å². The lowest BCUT2D eigenvalue weighted by Crippen LogP contribution is -2.33. The molecule has 0 bridgehead atoms. The first-order valence-corrected chi connectivity index (χ1v) is 5.36. The summed E-state index contributed by atoms with van der Waals surface area (Å²) in [6.07, 6.45) is 0.953. The predicted molar refractivity (Wildman–Crippen MR) is 64.9 cm³/mol. The molecule has 2 N–H and O–H groups in total. The summed E-state index contributed by atoms with van der Waals surface area (Å²) >= 11 is 0. The van der Waals surface area contributed by atoms with Gasteiger partial charge in [0.25, 0.3) is 0 Å². The highest BCUT2D eigenvalue weighted by Crippen LogP contribution is 2.09. The number of rotatable bonds is 4. The van der Waals surface area contributed by atoms with Crippen molar-refractivity contribution in [2.24, 2.45) is 0 Å². The summed E-state index contributed by atoms with van der Waals surface area (Å²) in [5.41, 5.74) is 1.88. The van der Waals surface area contributed by atoms with Crippen molar-refractivity contribution in [3.8, 4) is 0 Å². The zero-order chi connectivity index (χ0) is 12.7. The minimum atomic E-state index is -0.485. The van der Waals surface area contributed by atoms with E-state index >= 15 is 0 Å². The Morgan fingerprint density at radius 1 is 1.24 bits per heavy atom. The van der Waals surface area contributed by atoms with E-state index in [1.807, 2.05) is 24.3 Å². The Kier molecular flexibility index (Phi) is 5.00. The zero-order valence-electron chi connectivity index (χ0n) is 9.95. The largest absolute Gasteiger partial charge is 0.468 e. The van der Waals surface area contributed by atoms with Crippen LogP contribution >= 0.6 is 0 Å². The Balaban J connectivity index is 2.42. The molecule has 0 saturated heterocycles. The van der Waals surface area contributed by atoms with Crippen LogP contribution in [0, 0.1) is 0 Å². The summed E-state index contributed by atoms with van der Waals surface area (Å²) in [7, 11) is 1.27. The number of methoxy groups -OCH3 is 1. The zero-order valence-corrected chi connectivity index (χ0v) is 9.95. The molecule has 0 saturated carbocycles. The van der Waals surface area contributed by atoms with Gasteiger partial charge in [-0.05, 0) is 24.1 Å². The fourth-order valence-corrected chi connectivity index (χ4v) is 1.22. The maximum atomic E-state index is 11.4. The first-order valence-electron chi connectivity index (χ1n) is 5.36. The highest BCUT2D eigenvalue weighted by Gasteiger charge is 2.04. The first kappa shape index (κ1) is 13.0. The number of esters is 1. The molecule has 1 aromatic rings. The Labute approximate surface area is 100 Å². The van der Waals surface area contributed by atoms with Crippen LogP contribution in [0.25, 0.3) is 0 Å². The molecule has 0 atom stereocenters. The second-order valence-corrected chi connectivity index (χ2v) is 3.43. The summed E-state index contributed by atoms with van der Waals surface area (Å²) in [6.45, 7) is 1.92. The van der Waals surface area contributed by atoms with Crippen molar-refractivity contribution in [1.82, 2.24) is 5.32 Å². The third-order valence-corrected chi connectivity index (χ3v) is 2.24. The van der Waals surface area contributed by atoms with Gasteiger partial charge in [0.1, 0.15) is 6.54 Å². The molecule has 1 aromatic carbocycles. The molecular weight excluding hydrogens is 220 g/mol. The summed E-state index contributed by atoms with van der Waals surface area (Å²) in [6, 6.07) is 7.08. The fraction of sp³-hybridized carbons (Fsp3) is 0.333. The molecule has 0 aromatic heterocycles. The molecule has 2 amide bonds. The summed E-state index contributed by atoms with van der Waals surface area (Å²) in [5.74, 6) is -0.485. The highest BCUT2D eigenvalue weighted by atomic mass is 16.5. The molecule has 0 aliphatic carbocycles. The summed E-state index contributed by atoms with van der Waals surface area (Å²) in [5, 5.41) is 5.00. The predicted octanol–water partition coefficient (Wildman–Crippen LogP) is 1.54. The van der Waals surface area contributed by atoms with Gasteiger partial charge in [0.05, 0.1) is 7.11 Å². The SMILES string of the molecule is CCc1ccc(NC(=O)NCC(=O)OC)cc1. The van der Waals surface area contributed by atoms with Crippen molar-refractivity contribution in [3.63, 3.8) is 0 Å². The molecule has 5 heteroatoms. The van der Waals surface area contributed by atoms with Crippen LogP contribution in [0.1, 0.15) is 12.5 Å². The van der Waals surface area contributed by atoms with E-state index in [1.165, 1.54) is 12.7 Å². The van der Waals surface area contributed by atoms with E-state index in [0.29, 0.717) is 5.69 Å². The van der Waals surface area contributed by atoms with Gasteiger partial charge in [-0.2, -0.15) is 0 Å². The molecule has 0 spiro atoms. The first-order chi connectivity index (χ1) is 8.15. The number of anilines is 1. The minimum absolute atomic E-state index is 0.143. The number of nitrogens with one attached hydrogen (secondary N) is 2. The number of benzene rings is 1. The van der Waals surface area contributed by atoms with E-state index < -0.39 is 12.0 Å². The van der Waals surface area contributed by atoms with E-state index in [0.717, 1.165) is 6.42 Å². The normalized spacial score (nSPS) is 9.53. The summed E-state index contributed by atoms with van der Waals surface area (Å²) < 4.78 is 4.40. The number of urea groups is 1. The van der Waals surface area contributed by atoms with Gasteiger partial charge < -0.3 is 15.4 Å². The van der Waals surface area contributed by atoms with Crippen LogP contribution in [-0.2, 0) is 16.0 Å². The van der Waals surface area contributed by atoms with Gasteiger partial charge in [-0.3, -0.25) is 4.79 Å². The maximum absolute atomic E-state index is 11.4. The Bertz CT molecular complexity index is 387. The monoisotopic (exact) mass is 236 g/mol. The molecule has 0 radical (unpaired) electrons. The van der Waals surface area contributed by atoms with Crippen LogP contribution < -0.4 is 10.6 Å². The summed E-state index contributed by atoms with van der Waals surface area (Å²) in [4.78, 5) is 22.1. The van der Waals surface area contributed by atoms with Gasteiger partial charge in [-0.15, -0.1) is 0 Å². The van der Waals surface area contributed by atoms with Gasteiger partial charge in [-0.25, -0.2) is 4.79 Å². The van der Waals surface area contributed by atoms with Crippen molar-refractivity contribution < 1.29 is 14.3 Å². The molecular formula is C12H16N2O3. The number of hydrogen-bond acceptors (Lipinski definition) is 3. The van der Waals surface area contributed by atoms with Crippen LogP contribution in [0.15, 0.2) is 24.3 Å². The quantitative estimate of drug-likeness (QED) is 0.779. The number of carbonyl (C=O) groups excluding carboxylic acids is 2. The van der Waals surface area contributed by atoms with E-state index in [1.54, 1.807) is 0 Å². The highest BCUT2D eigenvalue weighted by molar-refractivity contribution is 5.91. The molecule has 0 aliphatic rings. The number of hydrogen-bond donors (Lipinski definition) is 2. The number of ether oxygens (including phenoxy) is 1. The van der Waals surface area contributed by atoms with Gasteiger partial charge in [0.15, 0.2) is 0 Å². The number of amides is 2. The second-order valence-electron chi connectivity index (χ2n) is 3.43. The van der Waals surface area contributed by atoms with Crippen LogP contribution in [0.3, 0.4) is 0 Å². The topological polar surface area (TPSA) is 67.4 Å². The van der Waals surface area contributed by atoms with Gasteiger partial charge in [0, 0.05) is 5.69 Å². The van der Waals surface area contributed by atoms with Crippen LogP contribution in [-0.4, -0.2) is 25.7 Å². The molecule has 0 fully saturated rings. The van der Waals surface area contributed by atoms with E-state index in [4.69, 9.17) is 0 Å². The average molecular weight is 236 g/mol. The lowest BCUT2D eigenvalue weighted by atomic mass is 10.1. The molecule has 17 heavy (non-hydrogen) atoms. The smallest absolute Gasteiger partial charge is 0.325 e. The molecule has 1 rings (SSSR count). The Morgan fingerprint density at radius 2 is 1.88 bits per heavy atom. The molecule has 5 nitrogen and oxygen atoms in total. The number of carbonyl (C=O) groups is 2. The van der Waals surface area contributed by atoms with Crippen LogP contribution in [0.5, 0.6) is 0 Å². The van der Waals surface area contributed by atoms with Crippen molar-refractivity contribution in [2.45, 2.75) is 13.3 Å². The van der Waals surface area contributed by atoms with Crippen molar-refractivity contribution in [2.75, 3.05) is 19.0 Å². The minimum Gasteiger partial charge on any atom is -0.468 e. The van der Waals surface area contributed by atoms with Gasteiger partial charge in [0.2, 0.25) is 0 Å². The lowest BCUT2D eigenvalue weighted by molar-refractivity contribution is -0.139. The third kappa shape index (κ3) is 4.55. The fourth-order valence-electron chi connectivity index (χ4n) is 1.22. The van der Waals surface area contributed by atoms with E-state index in [-0.39, 0.29) is 6.54 Å². The van der Waals surface area contributed by atoms with E-state index in [2.05, 4.69) is 22.3 Å². The molecule has 92 valence electrons. The van der Waals surface area contributed by atoms with E-state index in [9.17, 15) is 9.59 Å².